The number of nitrogens with zero attached hydrogens (tertiary/aromatic N) is 2. The molecule has 1 aliphatic carbocycles. The van der Waals surface area contributed by atoms with Crippen LogP contribution in [0.2, 0.25) is 0 Å². The number of aryl methyl sites for hydroxylation is 1. The zero-order valence-electron chi connectivity index (χ0n) is 14.2. The van der Waals surface area contributed by atoms with Crippen molar-refractivity contribution in [1.29, 1.82) is 0 Å². The summed E-state index contributed by atoms with van der Waals surface area (Å²) in [5, 5.41) is 8.19. The molecule has 0 bridgehead atoms. The number of hydrogen-bond donors (Lipinski definition) is 1. The fourth-order valence-electron chi connectivity index (χ4n) is 3.63. The minimum atomic E-state index is 0.255. The Hall–Kier alpha value is -2.21. The molecular formula is C18H23N3O3. The van der Waals surface area contributed by atoms with Crippen LogP contribution in [0.3, 0.4) is 0 Å². The molecule has 0 saturated heterocycles. The van der Waals surface area contributed by atoms with Crippen LogP contribution in [0.1, 0.15) is 42.6 Å². The van der Waals surface area contributed by atoms with Gasteiger partial charge in [0.05, 0.1) is 13.3 Å². The molecule has 0 spiro atoms. The van der Waals surface area contributed by atoms with Crippen LogP contribution in [0.25, 0.3) is 0 Å². The molecule has 1 aromatic carbocycles. The minimum absolute atomic E-state index is 0.255. The van der Waals surface area contributed by atoms with Crippen molar-refractivity contribution >= 4 is 0 Å². The topological polar surface area (TPSA) is 57.5 Å². The molecule has 0 radical (unpaired) electrons. The Morgan fingerprint density at radius 2 is 2.29 bits per heavy atom. The lowest BCUT2D eigenvalue weighted by atomic mass is 9.92. The number of hydrogen-bond acceptors (Lipinski definition) is 5. The Morgan fingerprint density at radius 1 is 1.38 bits per heavy atom. The third kappa shape index (κ3) is 2.60. The molecule has 1 aromatic heterocycles. The molecule has 1 aliphatic heterocycles. The highest BCUT2D eigenvalue weighted by atomic mass is 16.7. The highest BCUT2D eigenvalue weighted by Crippen LogP contribution is 2.42. The second-order valence-corrected chi connectivity index (χ2v) is 6.22. The van der Waals surface area contributed by atoms with Crippen LogP contribution in [0.4, 0.5) is 0 Å². The molecule has 1 atom stereocenters. The van der Waals surface area contributed by atoms with E-state index in [-0.39, 0.29) is 6.79 Å². The van der Waals surface area contributed by atoms with Gasteiger partial charge in [-0.1, -0.05) is 0 Å². The largest absolute Gasteiger partial charge is 0.493 e. The third-order valence-electron chi connectivity index (χ3n) is 4.83. The maximum absolute atomic E-state index is 5.50. The molecular weight excluding hydrogens is 306 g/mol. The maximum Gasteiger partial charge on any atom is 0.231 e. The average molecular weight is 329 g/mol. The van der Waals surface area contributed by atoms with Crippen molar-refractivity contribution in [3.8, 4) is 17.2 Å². The van der Waals surface area contributed by atoms with E-state index in [0.29, 0.717) is 11.8 Å². The summed E-state index contributed by atoms with van der Waals surface area (Å²) in [6.07, 6.45) is 5.49. The van der Waals surface area contributed by atoms with E-state index in [1.54, 1.807) is 7.11 Å². The highest BCUT2D eigenvalue weighted by Gasteiger charge is 2.24. The van der Waals surface area contributed by atoms with Crippen LogP contribution in [0, 0.1) is 0 Å². The fourth-order valence-corrected chi connectivity index (χ4v) is 3.63. The monoisotopic (exact) mass is 329 g/mol. The van der Waals surface area contributed by atoms with Crippen molar-refractivity contribution in [3.05, 3.63) is 35.2 Å². The first-order valence-electron chi connectivity index (χ1n) is 8.54. The second kappa shape index (κ2) is 6.36. The van der Waals surface area contributed by atoms with Gasteiger partial charge in [0.2, 0.25) is 12.5 Å². The van der Waals surface area contributed by atoms with Crippen LogP contribution >= 0.6 is 0 Å². The molecule has 1 N–H and O–H groups in total. The number of nitrogens with one attached hydrogen (secondary N) is 1. The van der Waals surface area contributed by atoms with Gasteiger partial charge in [-0.05, 0) is 43.9 Å². The smallest absolute Gasteiger partial charge is 0.231 e. The van der Waals surface area contributed by atoms with Crippen LogP contribution in [0.5, 0.6) is 17.2 Å². The summed E-state index contributed by atoms with van der Waals surface area (Å²) in [4.78, 5) is 0. The lowest BCUT2D eigenvalue weighted by molar-refractivity contribution is 0.171. The van der Waals surface area contributed by atoms with Gasteiger partial charge in [0.15, 0.2) is 11.5 Å². The van der Waals surface area contributed by atoms with Gasteiger partial charge in [0.25, 0.3) is 0 Å². The number of methoxy groups -OCH3 is 1. The number of benzene rings is 1. The summed E-state index contributed by atoms with van der Waals surface area (Å²) in [6.45, 7) is 4.09. The van der Waals surface area contributed by atoms with Gasteiger partial charge >= 0.3 is 0 Å². The van der Waals surface area contributed by atoms with Crippen molar-refractivity contribution in [2.24, 2.45) is 0 Å². The fraction of sp³-hybridized carbons (Fsp3) is 0.500. The van der Waals surface area contributed by atoms with Gasteiger partial charge in [0, 0.05) is 30.4 Å². The van der Waals surface area contributed by atoms with E-state index in [2.05, 4.69) is 22.0 Å². The van der Waals surface area contributed by atoms with E-state index < -0.39 is 0 Å². The zero-order chi connectivity index (χ0) is 16.5. The van der Waals surface area contributed by atoms with Gasteiger partial charge in [-0.2, -0.15) is 5.10 Å². The lowest BCUT2D eigenvalue weighted by Crippen LogP contribution is -2.25. The molecule has 6 nitrogen and oxygen atoms in total. The van der Waals surface area contributed by atoms with E-state index in [4.69, 9.17) is 14.2 Å². The van der Waals surface area contributed by atoms with E-state index in [0.717, 1.165) is 43.0 Å². The molecule has 2 heterocycles. The number of ether oxygens (including phenoxy) is 3. The van der Waals surface area contributed by atoms with Crippen LogP contribution < -0.4 is 19.5 Å². The van der Waals surface area contributed by atoms with Crippen LogP contribution in [-0.4, -0.2) is 23.7 Å². The van der Waals surface area contributed by atoms with Crippen molar-refractivity contribution in [1.82, 2.24) is 15.1 Å². The van der Waals surface area contributed by atoms with Crippen molar-refractivity contribution < 1.29 is 14.2 Å². The van der Waals surface area contributed by atoms with Crippen molar-refractivity contribution in [3.63, 3.8) is 0 Å². The number of fused-ring (bicyclic) bond motifs is 2. The van der Waals surface area contributed by atoms with Gasteiger partial charge in [-0.25, -0.2) is 0 Å². The predicted molar refractivity (Wildman–Crippen MR) is 89.5 cm³/mol. The van der Waals surface area contributed by atoms with E-state index >= 15 is 0 Å². The van der Waals surface area contributed by atoms with Gasteiger partial charge in [-0.15, -0.1) is 0 Å². The molecule has 0 saturated carbocycles. The average Bonchev–Trinajstić information content (AvgIpc) is 3.25. The van der Waals surface area contributed by atoms with Crippen LogP contribution in [0.15, 0.2) is 18.3 Å². The molecule has 128 valence electrons. The molecule has 0 amide bonds. The first kappa shape index (κ1) is 15.3. The zero-order valence-corrected chi connectivity index (χ0v) is 14.2. The Morgan fingerprint density at radius 3 is 3.12 bits per heavy atom. The molecule has 0 fully saturated rings. The third-order valence-corrected chi connectivity index (χ3v) is 4.83. The predicted octanol–water partition coefficient (Wildman–Crippen LogP) is 2.81. The minimum Gasteiger partial charge on any atom is -0.493 e. The SMILES string of the molecule is CCn1ncc2c1CCC[C@H]2NCc1cc(OC)c2c(c1)OCO2. The quantitative estimate of drug-likeness (QED) is 0.914. The molecule has 0 unspecified atom stereocenters. The summed E-state index contributed by atoms with van der Waals surface area (Å²) in [7, 11) is 1.65. The van der Waals surface area contributed by atoms with Gasteiger partial charge in [-0.3, -0.25) is 4.68 Å². The Labute approximate surface area is 141 Å². The summed E-state index contributed by atoms with van der Waals surface area (Å²) in [6, 6.07) is 4.39. The van der Waals surface area contributed by atoms with Crippen LogP contribution in [-0.2, 0) is 19.5 Å². The Balaban J connectivity index is 1.51. The molecule has 2 aromatic rings. The molecule has 2 aliphatic rings. The highest BCUT2D eigenvalue weighted by molar-refractivity contribution is 5.55. The first-order chi connectivity index (χ1) is 11.8. The van der Waals surface area contributed by atoms with Crippen molar-refractivity contribution in [2.75, 3.05) is 13.9 Å². The standard InChI is InChI=1S/C18H23N3O3/c1-3-21-15-6-4-5-14(13(15)10-20-21)19-9-12-7-16(22-2)18-17(8-12)23-11-24-18/h7-8,10,14,19H,3-6,9,11H2,1-2H3/t14-/m1/s1. The van der Waals surface area contributed by atoms with E-state index in [1.165, 1.54) is 17.7 Å². The number of aromatic nitrogens is 2. The second-order valence-electron chi connectivity index (χ2n) is 6.22. The summed E-state index contributed by atoms with van der Waals surface area (Å²) >= 11 is 0. The maximum atomic E-state index is 5.50. The molecule has 24 heavy (non-hydrogen) atoms. The lowest BCUT2D eigenvalue weighted by Gasteiger charge is -2.24. The summed E-state index contributed by atoms with van der Waals surface area (Å²) < 4.78 is 18.5. The number of rotatable bonds is 5. The molecule has 6 heteroatoms. The Kier molecular flexibility index (Phi) is 4.06. The van der Waals surface area contributed by atoms with Crippen molar-refractivity contribution in [2.45, 2.75) is 45.3 Å². The van der Waals surface area contributed by atoms with E-state index in [1.807, 2.05) is 18.3 Å². The Bertz CT molecular complexity index is 741. The van der Waals surface area contributed by atoms with Gasteiger partial charge < -0.3 is 19.5 Å². The first-order valence-corrected chi connectivity index (χ1v) is 8.54. The molecule has 4 rings (SSSR count). The van der Waals surface area contributed by atoms with E-state index in [9.17, 15) is 0 Å². The summed E-state index contributed by atoms with van der Waals surface area (Å²) in [5.74, 6) is 2.18. The van der Waals surface area contributed by atoms with Gasteiger partial charge in [0.1, 0.15) is 0 Å². The normalized spacial score (nSPS) is 18.5. The summed E-state index contributed by atoms with van der Waals surface area (Å²) in [5.41, 5.74) is 3.85.